The van der Waals surface area contributed by atoms with Crippen LogP contribution in [-0.4, -0.2) is 41.9 Å². The molecule has 2 rings (SSSR count). The van der Waals surface area contributed by atoms with Crippen molar-refractivity contribution in [1.82, 2.24) is 10.2 Å². The Kier molecular flexibility index (Phi) is 5.91. The molecule has 1 heterocycles. The van der Waals surface area contributed by atoms with E-state index >= 15 is 0 Å². The standard InChI is InChI=1S/C13H17N3O3.ClH/c1-14-11-5-6-15(9-11)13(17)8-10-3-2-4-12(7-10)16(18)19;/h2-4,7,11,14H,5-6,8-9H2,1H3;1H. The molecule has 0 spiro atoms. The van der Waals surface area contributed by atoms with Crippen molar-refractivity contribution in [3.63, 3.8) is 0 Å². The van der Waals surface area contributed by atoms with Crippen LogP contribution in [0.1, 0.15) is 12.0 Å². The van der Waals surface area contributed by atoms with Gasteiger partial charge in [-0.2, -0.15) is 0 Å². The molecule has 0 bridgehead atoms. The summed E-state index contributed by atoms with van der Waals surface area (Å²) in [4.78, 5) is 24.1. The molecule has 0 aliphatic carbocycles. The summed E-state index contributed by atoms with van der Waals surface area (Å²) in [6, 6.07) is 6.61. The minimum absolute atomic E-state index is 0. The van der Waals surface area contributed by atoms with Gasteiger partial charge in [0, 0.05) is 31.3 Å². The summed E-state index contributed by atoms with van der Waals surface area (Å²) < 4.78 is 0. The number of amides is 1. The molecule has 1 unspecified atom stereocenters. The van der Waals surface area contributed by atoms with Gasteiger partial charge in [0.2, 0.25) is 5.91 Å². The predicted octanol–water partition coefficient (Wildman–Crippen LogP) is 1.38. The van der Waals surface area contributed by atoms with Gasteiger partial charge in [0.25, 0.3) is 5.69 Å². The van der Waals surface area contributed by atoms with E-state index in [1.54, 1.807) is 17.0 Å². The summed E-state index contributed by atoms with van der Waals surface area (Å²) in [6.07, 6.45) is 1.18. The van der Waals surface area contributed by atoms with E-state index in [1.807, 2.05) is 7.05 Å². The third kappa shape index (κ3) is 3.91. The van der Waals surface area contributed by atoms with Crippen LogP contribution < -0.4 is 5.32 Å². The molecule has 1 aliphatic heterocycles. The van der Waals surface area contributed by atoms with E-state index in [4.69, 9.17) is 0 Å². The molecule has 1 saturated heterocycles. The normalized spacial score (nSPS) is 17.6. The van der Waals surface area contributed by atoms with E-state index in [0.717, 1.165) is 13.0 Å². The summed E-state index contributed by atoms with van der Waals surface area (Å²) >= 11 is 0. The Labute approximate surface area is 123 Å². The summed E-state index contributed by atoms with van der Waals surface area (Å²) in [5.74, 6) is 0.0262. The molecule has 0 saturated carbocycles. The Hall–Kier alpha value is -1.66. The monoisotopic (exact) mass is 299 g/mol. The van der Waals surface area contributed by atoms with Crippen molar-refractivity contribution >= 4 is 24.0 Å². The maximum absolute atomic E-state index is 12.1. The fourth-order valence-electron chi connectivity index (χ4n) is 2.29. The number of nitrogens with one attached hydrogen (secondary N) is 1. The van der Waals surface area contributed by atoms with E-state index < -0.39 is 4.92 Å². The summed E-state index contributed by atoms with van der Waals surface area (Å²) in [7, 11) is 1.89. The van der Waals surface area contributed by atoms with Crippen molar-refractivity contribution in [2.75, 3.05) is 20.1 Å². The second-order valence-corrected chi connectivity index (χ2v) is 4.72. The lowest BCUT2D eigenvalue weighted by molar-refractivity contribution is -0.384. The molecule has 0 radical (unpaired) electrons. The number of carbonyl (C=O) groups excluding carboxylic acids is 1. The maximum Gasteiger partial charge on any atom is 0.269 e. The van der Waals surface area contributed by atoms with Gasteiger partial charge < -0.3 is 10.2 Å². The molecule has 1 aliphatic rings. The Morgan fingerprint density at radius 2 is 2.30 bits per heavy atom. The number of nitro groups is 1. The van der Waals surface area contributed by atoms with Crippen LogP contribution in [0.4, 0.5) is 5.69 Å². The molecule has 0 aromatic heterocycles. The fourth-order valence-corrected chi connectivity index (χ4v) is 2.29. The molecule has 1 aromatic rings. The molecule has 1 fully saturated rings. The average Bonchev–Trinajstić information content (AvgIpc) is 2.88. The zero-order valence-corrected chi connectivity index (χ0v) is 12.1. The van der Waals surface area contributed by atoms with E-state index in [2.05, 4.69) is 5.32 Å². The SMILES string of the molecule is CNC1CCN(C(=O)Cc2cccc([N+](=O)[O-])c2)C1.Cl. The maximum atomic E-state index is 12.1. The molecule has 1 amide bonds. The minimum Gasteiger partial charge on any atom is -0.341 e. The molecule has 1 N–H and O–H groups in total. The number of nitrogens with zero attached hydrogens (tertiary/aromatic N) is 2. The highest BCUT2D eigenvalue weighted by molar-refractivity contribution is 5.85. The highest BCUT2D eigenvalue weighted by atomic mass is 35.5. The first-order valence-electron chi connectivity index (χ1n) is 6.28. The topological polar surface area (TPSA) is 75.5 Å². The number of rotatable bonds is 4. The first-order chi connectivity index (χ1) is 9.10. The number of carbonyl (C=O) groups is 1. The number of nitro benzene ring substituents is 1. The number of non-ortho nitro benzene ring substituents is 1. The minimum atomic E-state index is -0.444. The lowest BCUT2D eigenvalue weighted by Crippen LogP contribution is -2.34. The number of likely N-dealkylation sites (tertiary alicyclic amines) is 1. The zero-order valence-electron chi connectivity index (χ0n) is 11.2. The van der Waals surface area contributed by atoms with Crippen LogP contribution >= 0.6 is 12.4 Å². The Bertz CT molecular complexity index is 496. The van der Waals surface area contributed by atoms with Gasteiger partial charge in [0.1, 0.15) is 0 Å². The van der Waals surface area contributed by atoms with Gasteiger partial charge in [0.15, 0.2) is 0 Å². The van der Waals surface area contributed by atoms with Crippen molar-refractivity contribution < 1.29 is 9.72 Å². The van der Waals surface area contributed by atoms with Crippen LogP contribution in [0.2, 0.25) is 0 Å². The molecular weight excluding hydrogens is 282 g/mol. The second-order valence-electron chi connectivity index (χ2n) is 4.72. The predicted molar refractivity (Wildman–Crippen MR) is 78.1 cm³/mol. The van der Waals surface area contributed by atoms with Crippen LogP contribution in [0.3, 0.4) is 0 Å². The first-order valence-corrected chi connectivity index (χ1v) is 6.28. The molecule has 1 aromatic carbocycles. The third-order valence-electron chi connectivity index (χ3n) is 3.43. The number of halogens is 1. The molecule has 20 heavy (non-hydrogen) atoms. The van der Waals surface area contributed by atoms with Crippen LogP contribution in [0, 0.1) is 10.1 Å². The number of benzene rings is 1. The van der Waals surface area contributed by atoms with Gasteiger partial charge in [-0.25, -0.2) is 0 Å². The number of hydrogen-bond acceptors (Lipinski definition) is 4. The number of likely N-dealkylation sites (N-methyl/N-ethyl adjacent to an activating group) is 1. The van der Waals surface area contributed by atoms with Crippen molar-refractivity contribution in [2.45, 2.75) is 18.9 Å². The lowest BCUT2D eigenvalue weighted by atomic mass is 10.1. The van der Waals surface area contributed by atoms with Crippen LogP contribution in [-0.2, 0) is 11.2 Å². The third-order valence-corrected chi connectivity index (χ3v) is 3.43. The smallest absolute Gasteiger partial charge is 0.269 e. The quantitative estimate of drug-likeness (QED) is 0.673. The highest BCUT2D eigenvalue weighted by Crippen LogP contribution is 2.16. The Balaban J connectivity index is 0.00000200. The summed E-state index contributed by atoms with van der Waals surface area (Å²) in [5, 5.41) is 13.8. The highest BCUT2D eigenvalue weighted by Gasteiger charge is 2.25. The van der Waals surface area contributed by atoms with E-state index in [0.29, 0.717) is 18.2 Å². The lowest BCUT2D eigenvalue weighted by Gasteiger charge is -2.16. The van der Waals surface area contributed by atoms with Gasteiger partial charge in [0.05, 0.1) is 11.3 Å². The Morgan fingerprint density at radius 1 is 1.55 bits per heavy atom. The van der Waals surface area contributed by atoms with Crippen LogP contribution in [0.15, 0.2) is 24.3 Å². The number of hydrogen-bond donors (Lipinski definition) is 1. The van der Waals surface area contributed by atoms with Crippen molar-refractivity contribution in [3.05, 3.63) is 39.9 Å². The first kappa shape index (κ1) is 16.4. The summed E-state index contributed by atoms with van der Waals surface area (Å²) in [5.41, 5.74) is 0.715. The van der Waals surface area contributed by atoms with Gasteiger partial charge in [-0.3, -0.25) is 14.9 Å². The Morgan fingerprint density at radius 3 is 2.90 bits per heavy atom. The van der Waals surface area contributed by atoms with Gasteiger partial charge in [-0.1, -0.05) is 12.1 Å². The fraction of sp³-hybridized carbons (Fsp3) is 0.462. The molecular formula is C13H18ClN3O3. The van der Waals surface area contributed by atoms with Crippen molar-refractivity contribution in [2.24, 2.45) is 0 Å². The van der Waals surface area contributed by atoms with E-state index in [-0.39, 0.29) is 30.4 Å². The molecule has 7 heteroatoms. The van der Waals surface area contributed by atoms with Crippen molar-refractivity contribution in [3.8, 4) is 0 Å². The van der Waals surface area contributed by atoms with Crippen LogP contribution in [0.5, 0.6) is 0 Å². The van der Waals surface area contributed by atoms with E-state index in [9.17, 15) is 14.9 Å². The van der Waals surface area contributed by atoms with Gasteiger partial charge in [-0.15, -0.1) is 12.4 Å². The zero-order chi connectivity index (χ0) is 13.8. The molecule has 1 atom stereocenters. The summed E-state index contributed by atoms with van der Waals surface area (Å²) in [6.45, 7) is 1.46. The molecule has 110 valence electrons. The average molecular weight is 300 g/mol. The van der Waals surface area contributed by atoms with Crippen LogP contribution in [0.25, 0.3) is 0 Å². The molecule has 6 nitrogen and oxygen atoms in total. The second kappa shape index (κ2) is 7.21. The van der Waals surface area contributed by atoms with Crippen molar-refractivity contribution in [1.29, 1.82) is 0 Å². The van der Waals surface area contributed by atoms with Gasteiger partial charge >= 0.3 is 0 Å². The largest absolute Gasteiger partial charge is 0.341 e. The van der Waals surface area contributed by atoms with Gasteiger partial charge in [-0.05, 0) is 19.0 Å². The van der Waals surface area contributed by atoms with E-state index in [1.165, 1.54) is 12.1 Å².